The molecule has 112 valence electrons. The van der Waals surface area contributed by atoms with Crippen LogP contribution >= 0.6 is 0 Å². The first-order valence-corrected chi connectivity index (χ1v) is 6.73. The van der Waals surface area contributed by atoms with Gasteiger partial charge in [0.05, 0.1) is 0 Å². The van der Waals surface area contributed by atoms with E-state index >= 15 is 0 Å². The first-order valence-electron chi connectivity index (χ1n) is 6.73. The first-order chi connectivity index (χ1) is 8.28. The van der Waals surface area contributed by atoms with Crippen LogP contribution in [0.25, 0.3) is 0 Å². The minimum atomic E-state index is -1.55. The van der Waals surface area contributed by atoms with Crippen LogP contribution in [0.15, 0.2) is 0 Å². The summed E-state index contributed by atoms with van der Waals surface area (Å²) in [7, 11) is 0. The number of carboxylic acid groups (broad SMARTS) is 1. The van der Waals surface area contributed by atoms with Crippen LogP contribution in [0.4, 0.5) is 0 Å². The van der Waals surface area contributed by atoms with Crippen LogP contribution in [0.3, 0.4) is 0 Å². The van der Waals surface area contributed by atoms with Crippen molar-refractivity contribution in [1.82, 2.24) is 0 Å². The molecular formula is C15H28O4. The Bertz CT molecular complexity index is 346. The number of ether oxygens (including phenoxy) is 1. The molecule has 19 heavy (non-hydrogen) atoms. The highest BCUT2D eigenvalue weighted by Crippen LogP contribution is 2.41. The highest BCUT2D eigenvalue weighted by atomic mass is 16.5. The summed E-state index contributed by atoms with van der Waals surface area (Å²) in [5.41, 5.74) is -2.47. The smallest absolute Gasteiger partial charge is 0.324 e. The molecule has 0 aliphatic carbocycles. The van der Waals surface area contributed by atoms with Gasteiger partial charge in [0.25, 0.3) is 0 Å². The molecule has 0 rings (SSSR count). The molecule has 0 aromatic heterocycles. The van der Waals surface area contributed by atoms with Crippen LogP contribution in [-0.2, 0) is 14.3 Å². The van der Waals surface area contributed by atoms with Gasteiger partial charge in [-0.25, -0.2) is 0 Å². The van der Waals surface area contributed by atoms with Crippen molar-refractivity contribution < 1.29 is 19.4 Å². The van der Waals surface area contributed by atoms with E-state index in [0.29, 0.717) is 6.42 Å². The number of hydrogen-bond donors (Lipinski definition) is 1. The standard InChI is InChI=1S/C15H28O4/c1-9-10(13(2,3)4)19-12(18)15(8,11(16)17)14(5,6)7/h10H,9H2,1-8H3,(H,16,17). The molecule has 0 aliphatic rings. The number of esters is 1. The van der Waals surface area contributed by atoms with Gasteiger partial charge in [0.2, 0.25) is 0 Å². The molecular weight excluding hydrogens is 244 g/mol. The van der Waals surface area contributed by atoms with Crippen LogP contribution in [0.1, 0.15) is 61.8 Å². The summed E-state index contributed by atoms with van der Waals surface area (Å²) in [6.45, 7) is 14.5. The summed E-state index contributed by atoms with van der Waals surface area (Å²) in [6.07, 6.45) is 0.371. The van der Waals surface area contributed by atoms with Crippen molar-refractivity contribution in [2.24, 2.45) is 16.2 Å². The Morgan fingerprint density at radius 1 is 1.05 bits per heavy atom. The van der Waals surface area contributed by atoms with E-state index in [2.05, 4.69) is 0 Å². The number of aliphatic carboxylic acids is 1. The Morgan fingerprint density at radius 2 is 1.47 bits per heavy atom. The molecule has 1 N–H and O–H groups in total. The van der Waals surface area contributed by atoms with E-state index in [1.54, 1.807) is 20.8 Å². The van der Waals surface area contributed by atoms with Gasteiger partial charge in [-0.15, -0.1) is 0 Å². The lowest BCUT2D eigenvalue weighted by atomic mass is 9.68. The van der Waals surface area contributed by atoms with Gasteiger partial charge in [-0.3, -0.25) is 9.59 Å². The van der Waals surface area contributed by atoms with E-state index in [-0.39, 0.29) is 11.5 Å². The number of rotatable bonds is 4. The summed E-state index contributed by atoms with van der Waals surface area (Å²) < 4.78 is 5.50. The van der Waals surface area contributed by atoms with Gasteiger partial charge >= 0.3 is 11.9 Å². The number of carboxylic acids is 1. The van der Waals surface area contributed by atoms with Gasteiger partial charge in [0, 0.05) is 0 Å². The van der Waals surface area contributed by atoms with Gasteiger partial charge in [-0.1, -0.05) is 48.5 Å². The van der Waals surface area contributed by atoms with E-state index in [9.17, 15) is 14.7 Å². The van der Waals surface area contributed by atoms with Crippen LogP contribution in [0, 0.1) is 16.2 Å². The van der Waals surface area contributed by atoms with Crippen molar-refractivity contribution in [1.29, 1.82) is 0 Å². The van der Waals surface area contributed by atoms with Crippen molar-refractivity contribution in [3.63, 3.8) is 0 Å². The first kappa shape index (κ1) is 17.9. The fraction of sp³-hybridized carbons (Fsp3) is 0.867. The van der Waals surface area contributed by atoms with Crippen LogP contribution in [-0.4, -0.2) is 23.1 Å². The Morgan fingerprint density at radius 3 is 1.68 bits per heavy atom. The third-order valence-corrected chi connectivity index (χ3v) is 3.92. The molecule has 0 saturated carbocycles. The molecule has 0 heterocycles. The molecule has 0 aliphatic heterocycles. The summed E-state index contributed by atoms with van der Waals surface area (Å²) >= 11 is 0. The second-order valence-electron chi connectivity index (χ2n) is 7.35. The topological polar surface area (TPSA) is 63.6 Å². The fourth-order valence-corrected chi connectivity index (χ4v) is 1.83. The minimum Gasteiger partial charge on any atom is -0.480 e. The van der Waals surface area contributed by atoms with E-state index in [4.69, 9.17) is 4.74 Å². The van der Waals surface area contributed by atoms with Gasteiger partial charge < -0.3 is 9.84 Å². The maximum Gasteiger partial charge on any atom is 0.324 e. The molecule has 2 atom stereocenters. The third-order valence-electron chi connectivity index (χ3n) is 3.92. The van der Waals surface area contributed by atoms with E-state index in [1.165, 1.54) is 6.92 Å². The average molecular weight is 272 g/mol. The highest BCUT2D eigenvalue weighted by Gasteiger charge is 2.53. The van der Waals surface area contributed by atoms with E-state index in [0.717, 1.165) is 0 Å². The SMILES string of the molecule is CCC(OC(=O)C(C)(C(=O)O)C(C)(C)C)C(C)(C)C. The Balaban J connectivity index is 5.33. The Labute approximate surface area is 116 Å². The maximum atomic E-state index is 12.4. The quantitative estimate of drug-likeness (QED) is 0.628. The molecule has 0 saturated heterocycles. The zero-order valence-electron chi connectivity index (χ0n) is 13.5. The van der Waals surface area contributed by atoms with Crippen molar-refractivity contribution in [3.05, 3.63) is 0 Å². The van der Waals surface area contributed by atoms with Crippen LogP contribution in [0.2, 0.25) is 0 Å². The summed E-state index contributed by atoms with van der Waals surface area (Å²) in [5.74, 6) is -1.80. The monoisotopic (exact) mass is 272 g/mol. The molecule has 0 spiro atoms. The van der Waals surface area contributed by atoms with Gasteiger partial charge in [0.15, 0.2) is 5.41 Å². The van der Waals surface area contributed by atoms with Crippen LogP contribution in [0.5, 0.6) is 0 Å². The summed E-state index contributed by atoms with van der Waals surface area (Å²) in [4.78, 5) is 23.9. The highest BCUT2D eigenvalue weighted by molar-refractivity contribution is 5.99. The van der Waals surface area contributed by atoms with Crippen molar-refractivity contribution >= 4 is 11.9 Å². The predicted molar refractivity (Wildman–Crippen MR) is 74.8 cm³/mol. The van der Waals surface area contributed by atoms with Gasteiger partial charge in [0.1, 0.15) is 6.10 Å². The molecule has 4 nitrogen and oxygen atoms in total. The fourth-order valence-electron chi connectivity index (χ4n) is 1.83. The number of carbonyl (C=O) groups is 2. The molecule has 0 bridgehead atoms. The Kier molecular flexibility index (Phi) is 5.21. The van der Waals surface area contributed by atoms with Crippen LogP contribution < -0.4 is 0 Å². The zero-order valence-corrected chi connectivity index (χ0v) is 13.5. The summed E-state index contributed by atoms with van der Waals surface area (Å²) in [5, 5.41) is 9.43. The molecule has 0 aromatic rings. The van der Waals surface area contributed by atoms with Gasteiger partial charge in [-0.2, -0.15) is 0 Å². The largest absolute Gasteiger partial charge is 0.480 e. The van der Waals surface area contributed by atoms with Crippen molar-refractivity contribution in [2.75, 3.05) is 0 Å². The third kappa shape index (κ3) is 3.71. The molecule has 0 amide bonds. The lowest BCUT2D eigenvalue weighted by molar-refractivity contribution is -0.183. The Hall–Kier alpha value is -1.06. The summed E-state index contributed by atoms with van der Waals surface area (Å²) in [6, 6.07) is 0. The lowest BCUT2D eigenvalue weighted by Gasteiger charge is -2.38. The zero-order chi connectivity index (χ0) is 15.6. The molecule has 2 unspecified atom stereocenters. The van der Waals surface area contributed by atoms with E-state index < -0.39 is 22.8 Å². The second-order valence-corrected chi connectivity index (χ2v) is 7.35. The van der Waals surface area contributed by atoms with Gasteiger partial charge in [-0.05, 0) is 24.2 Å². The predicted octanol–water partition coefficient (Wildman–Crippen LogP) is 3.49. The average Bonchev–Trinajstić information content (AvgIpc) is 2.20. The molecule has 0 radical (unpaired) electrons. The lowest BCUT2D eigenvalue weighted by Crippen LogP contribution is -2.50. The maximum absolute atomic E-state index is 12.4. The normalized spacial score (nSPS) is 17.5. The van der Waals surface area contributed by atoms with Crippen molar-refractivity contribution in [2.45, 2.75) is 67.9 Å². The van der Waals surface area contributed by atoms with E-state index in [1.807, 2.05) is 27.7 Å². The minimum absolute atomic E-state index is 0.207. The number of hydrogen-bond acceptors (Lipinski definition) is 3. The number of carbonyl (C=O) groups excluding carboxylic acids is 1. The molecule has 4 heteroatoms. The second kappa shape index (κ2) is 5.51. The molecule has 0 fully saturated rings. The molecule has 0 aromatic carbocycles. The van der Waals surface area contributed by atoms with Crippen molar-refractivity contribution in [3.8, 4) is 0 Å².